The fourth-order valence-corrected chi connectivity index (χ4v) is 5.10. The molecular formula is C27H35F3O. The molecule has 0 aromatic heterocycles. The first-order chi connectivity index (χ1) is 14.9. The fraction of sp³-hybridized carbons (Fsp3) is 0.556. The number of unbranched alkanes of at least 4 members (excludes halogenated alkanes) is 2. The maximum atomic E-state index is 14.8. The van der Waals surface area contributed by atoms with Gasteiger partial charge in [0, 0.05) is 5.56 Å². The van der Waals surface area contributed by atoms with E-state index < -0.39 is 23.2 Å². The highest BCUT2D eigenvalue weighted by molar-refractivity contribution is 5.65. The Kier molecular flexibility index (Phi) is 8.45. The number of rotatable bonds is 9. The second-order valence-electron chi connectivity index (χ2n) is 9.25. The van der Waals surface area contributed by atoms with Gasteiger partial charge in [-0.25, -0.2) is 13.2 Å². The third-order valence-electron chi connectivity index (χ3n) is 7.02. The normalized spacial score (nSPS) is 19.9. The van der Waals surface area contributed by atoms with Gasteiger partial charge in [0.15, 0.2) is 17.4 Å². The van der Waals surface area contributed by atoms with Crippen LogP contribution in [0, 0.1) is 35.2 Å². The second-order valence-corrected chi connectivity index (χ2v) is 9.25. The minimum absolute atomic E-state index is 0.175. The molecule has 1 unspecified atom stereocenters. The molecule has 0 radical (unpaired) electrons. The quantitative estimate of drug-likeness (QED) is 0.362. The number of methoxy groups -OCH3 is 1. The highest BCUT2D eigenvalue weighted by atomic mass is 19.1. The van der Waals surface area contributed by atoms with E-state index in [-0.39, 0.29) is 11.1 Å². The first-order valence-corrected chi connectivity index (χ1v) is 11.7. The molecule has 1 aliphatic rings. The number of hydrogen-bond donors (Lipinski definition) is 0. The lowest BCUT2D eigenvalue weighted by Gasteiger charge is -2.32. The number of ether oxygens (including phenoxy) is 1. The third kappa shape index (κ3) is 6.05. The predicted octanol–water partition coefficient (Wildman–Crippen LogP) is 8.34. The van der Waals surface area contributed by atoms with E-state index in [1.165, 1.54) is 64.5 Å². The molecule has 1 atom stereocenters. The second kappa shape index (κ2) is 11.1. The highest BCUT2D eigenvalue weighted by Gasteiger charge is 2.25. The van der Waals surface area contributed by atoms with Gasteiger partial charge in [0.05, 0.1) is 7.11 Å². The van der Waals surface area contributed by atoms with E-state index >= 15 is 0 Å². The molecule has 1 fully saturated rings. The SMILES string of the molecule is CCCCCC1CCC(C(C)Cc2ccc(-c3cc(F)c(OC)c(F)c3)c(F)c2)CC1. The van der Waals surface area contributed by atoms with Gasteiger partial charge in [0.25, 0.3) is 0 Å². The van der Waals surface area contributed by atoms with Crippen molar-refractivity contribution in [2.45, 2.75) is 71.6 Å². The summed E-state index contributed by atoms with van der Waals surface area (Å²) in [6.45, 7) is 4.52. The summed E-state index contributed by atoms with van der Waals surface area (Å²) in [6, 6.07) is 7.25. The van der Waals surface area contributed by atoms with Crippen LogP contribution >= 0.6 is 0 Å². The van der Waals surface area contributed by atoms with Gasteiger partial charge in [-0.1, -0.05) is 64.5 Å². The van der Waals surface area contributed by atoms with Crippen LogP contribution in [-0.4, -0.2) is 7.11 Å². The van der Waals surface area contributed by atoms with Gasteiger partial charge in [-0.05, 0) is 66.3 Å². The average molecular weight is 433 g/mol. The van der Waals surface area contributed by atoms with E-state index in [0.29, 0.717) is 11.8 Å². The van der Waals surface area contributed by atoms with Gasteiger partial charge in [-0.15, -0.1) is 0 Å². The van der Waals surface area contributed by atoms with Gasteiger partial charge < -0.3 is 4.74 Å². The van der Waals surface area contributed by atoms with Gasteiger partial charge >= 0.3 is 0 Å². The molecule has 31 heavy (non-hydrogen) atoms. The maximum Gasteiger partial charge on any atom is 0.190 e. The minimum atomic E-state index is -0.833. The molecule has 0 N–H and O–H groups in total. The average Bonchev–Trinajstić information content (AvgIpc) is 2.74. The van der Waals surface area contributed by atoms with Crippen LogP contribution in [0.1, 0.15) is 70.8 Å². The predicted molar refractivity (Wildman–Crippen MR) is 121 cm³/mol. The Morgan fingerprint density at radius 3 is 2.19 bits per heavy atom. The standard InChI is InChI=1S/C27H35F3O/c1-4-5-6-7-19-8-11-21(12-9-19)18(2)14-20-10-13-23(24(28)15-20)22-16-25(29)27(31-3)26(30)17-22/h10,13,15-19,21H,4-9,11-12,14H2,1-3H3. The van der Waals surface area contributed by atoms with Crippen LogP contribution in [0.15, 0.2) is 30.3 Å². The molecule has 2 aromatic carbocycles. The summed E-state index contributed by atoms with van der Waals surface area (Å²) in [5, 5.41) is 0. The van der Waals surface area contributed by atoms with E-state index in [9.17, 15) is 13.2 Å². The van der Waals surface area contributed by atoms with Crippen molar-refractivity contribution in [3.05, 3.63) is 53.3 Å². The van der Waals surface area contributed by atoms with Crippen molar-refractivity contribution in [2.75, 3.05) is 7.11 Å². The van der Waals surface area contributed by atoms with Gasteiger partial charge in [-0.3, -0.25) is 0 Å². The van der Waals surface area contributed by atoms with Crippen LogP contribution < -0.4 is 4.74 Å². The summed E-state index contributed by atoms with van der Waals surface area (Å²) in [5.74, 6) is -0.493. The van der Waals surface area contributed by atoms with Crippen LogP contribution in [0.5, 0.6) is 5.75 Å². The molecule has 4 heteroatoms. The molecule has 2 aromatic rings. The van der Waals surface area contributed by atoms with E-state index in [0.717, 1.165) is 30.0 Å². The smallest absolute Gasteiger partial charge is 0.190 e. The molecule has 3 rings (SSSR count). The molecule has 0 saturated heterocycles. The van der Waals surface area contributed by atoms with Crippen LogP contribution in [0.2, 0.25) is 0 Å². The van der Waals surface area contributed by atoms with Crippen molar-refractivity contribution in [2.24, 2.45) is 17.8 Å². The molecule has 0 spiro atoms. The van der Waals surface area contributed by atoms with Crippen molar-refractivity contribution >= 4 is 0 Å². The molecule has 170 valence electrons. The van der Waals surface area contributed by atoms with Crippen molar-refractivity contribution in [3.63, 3.8) is 0 Å². The Hall–Kier alpha value is -1.97. The Balaban J connectivity index is 1.61. The lowest BCUT2D eigenvalue weighted by Crippen LogP contribution is -2.21. The summed E-state index contributed by atoms with van der Waals surface area (Å²) in [5.41, 5.74) is 1.31. The van der Waals surface area contributed by atoms with Crippen molar-refractivity contribution in [3.8, 4) is 16.9 Å². The van der Waals surface area contributed by atoms with Gasteiger partial charge in [-0.2, -0.15) is 0 Å². The summed E-state index contributed by atoms with van der Waals surface area (Å²) < 4.78 is 47.5. The van der Waals surface area contributed by atoms with Crippen LogP contribution in [0.3, 0.4) is 0 Å². The highest BCUT2D eigenvalue weighted by Crippen LogP contribution is 2.37. The van der Waals surface area contributed by atoms with Crippen LogP contribution in [-0.2, 0) is 6.42 Å². The zero-order chi connectivity index (χ0) is 22.4. The van der Waals surface area contributed by atoms with Crippen molar-refractivity contribution < 1.29 is 17.9 Å². The molecule has 0 amide bonds. The Labute approximate surface area is 185 Å². The number of hydrogen-bond acceptors (Lipinski definition) is 1. The Morgan fingerprint density at radius 2 is 1.61 bits per heavy atom. The summed E-state index contributed by atoms with van der Waals surface area (Å²) >= 11 is 0. The summed E-state index contributed by atoms with van der Waals surface area (Å²) in [7, 11) is 1.20. The summed E-state index contributed by atoms with van der Waals surface area (Å²) in [6.07, 6.45) is 11.3. The zero-order valence-electron chi connectivity index (χ0n) is 19.0. The topological polar surface area (TPSA) is 9.23 Å². The largest absolute Gasteiger partial charge is 0.491 e. The molecule has 0 bridgehead atoms. The van der Waals surface area contributed by atoms with E-state index in [1.807, 2.05) is 6.07 Å². The number of halogens is 3. The molecule has 1 aliphatic carbocycles. The summed E-state index contributed by atoms with van der Waals surface area (Å²) in [4.78, 5) is 0. The van der Waals surface area contributed by atoms with E-state index in [4.69, 9.17) is 4.74 Å². The van der Waals surface area contributed by atoms with Crippen LogP contribution in [0.25, 0.3) is 11.1 Å². The molecular weight excluding hydrogens is 397 g/mol. The minimum Gasteiger partial charge on any atom is -0.491 e. The third-order valence-corrected chi connectivity index (χ3v) is 7.02. The lowest BCUT2D eigenvalue weighted by atomic mass is 9.73. The van der Waals surface area contributed by atoms with Crippen molar-refractivity contribution in [1.82, 2.24) is 0 Å². The van der Waals surface area contributed by atoms with E-state index in [1.54, 1.807) is 6.07 Å². The van der Waals surface area contributed by atoms with Crippen LogP contribution in [0.4, 0.5) is 13.2 Å². The molecule has 0 heterocycles. The van der Waals surface area contributed by atoms with Gasteiger partial charge in [0.2, 0.25) is 0 Å². The monoisotopic (exact) mass is 432 g/mol. The Bertz CT molecular complexity index is 833. The maximum absolute atomic E-state index is 14.8. The van der Waals surface area contributed by atoms with E-state index in [2.05, 4.69) is 13.8 Å². The van der Waals surface area contributed by atoms with Crippen molar-refractivity contribution in [1.29, 1.82) is 0 Å². The van der Waals surface area contributed by atoms with Gasteiger partial charge in [0.1, 0.15) is 5.82 Å². The molecule has 0 aliphatic heterocycles. The first-order valence-electron chi connectivity index (χ1n) is 11.7. The fourth-order valence-electron chi connectivity index (χ4n) is 5.10. The Morgan fingerprint density at radius 1 is 0.935 bits per heavy atom. The zero-order valence-corrected chi connectivity index (χ0v) is 19.0. The molecule has 1 nitrogen and oxygen atoms in total. The number of benzene rings is 2. The lowest BCUT2D eigenvalue weighted by molar-refractivity contribution is 0.204. The molecule has 1 saturated carbocycles. The first kappa shape index (κ1) is 23.7.